The summed E-state index contributed by atoms with van der Waals surface area (Å²) < 4.78 is 34.3. The van der Waals surface area contributed by atoms with E-state index in [-0.39, 0.29) is 16.8 Å². The summed E-state index contributed by atoms with van der Waals surface area (Å²) in [4.78, 5) is 13.5. The third-order valence-corrected chi connectivity index (χ3v) is 6.29. The Morgan fingerprint density at radius 1 is 1.07 bits per heavy atom. The Bertz CT molecular complexity index is 921. The monoisotopic (exact) mass is 417 g/mol. The van der Waals surface area contributed by atoms with E-state index in [1.54, 1.807) is 12.1 Å². The Hall–Kier alpha value is -2.26. The molecule has 0 spiro atoms. The lowest BCUT2D eigenvalue weighted by molar-refractivity contribution is -0.114. The zero-order chi connectivity index (χ0) is 20.9. The number of anilines is 1. The molecule has 0 bridgehead atoms. The van der Waals surface area contributed by atoms with Gasteiger partial charge in [0, 0.05) is 32.2 Å². The van der Waals surface area contributed by atoms with E-state index in [2.05, 4.69) is 14.9 Å². The van der Waals surface area contributed by atoms with E-state index >= 15 is 0 Å². The molecule has 1 aliphatic heterocycles. The zero-order valence-electron chi connectivity index (χ0n) is 16.7. The van der Waals surface area contributed by atoms with E-state index < -0.39 is 10.0 Å². The van der Waals surface area contributed by atoms with Crippen LogP contribution < -0.4 is 10.0 Å². The van der Waals surface area contributed by atoms with E-state index in [0.29, 0.717) is 25.4 Å². The highest BCUT2D eigenvalue weighted by Gasteiger charge is 2.24. The molecule has 1 amide bonds. The molecule has 2 N–H and O–H groups in total. The van der Waals surface area contributed by atoms with Crippen molar-refractivity contribution in [1.82, 2.24) is 9.62 Å². The van der Waals surface area contributed by atoms with E-state index in [4.69, 9.17) is 4.74 Å². The maximum atomic E-state index is 13.0. The van der Waals surface area contributed by atoms with Crippen LogP contribution in [-0.4, -0.2) is 52.1 Å². The van der Waals surface area contributed by atoms with Gasteiger partial charge in [-0.25, -0.2) is 13.1 Å². The summed E-state index contributed by atoms with van der Waals surface area (Å²) in [6.45, 7) is 6.82. The lowest BCUT2D eigenvalue weighted by Crippen LogP contribution is -2.43. The van der Waals surface area contributed by atoms with Crippen LogP contribution in [0, 0.1) is 6.92 Å². The van der Waals surface area contributed by atoms with Crippen LogP contribution in [0.2, 0.25) is 0 Å². The predicted octanol–water partition coefficient (Wildman–Crippen LogP) is 2.31. The van der Waals surface area contributed by atoms with Gasteiger partial charge in [-0.3, -0.25) is 9.69 Å². The highest BCUT2D eigenvalue weighted by molar-refractivity contribution is 7.89. The molecule has 0 aliphatic carbocycles. The van der Waals surface area contributed by atoms with Gasteiger partial charge in [0.1, 0.15) is 0 Å². The van der Waals surface area contributed by atoms with Gasteiger partial charge < -0.3 is 10.1 Å². The first-order valence-electron chi connectivity index (χ1n) is 9.60. The van der Waals surface area contributed by atoms with Gasteiger partial charge in [0.05, 0.1) is 24.2 Å². The van der Waals surface area contributed by atoms with Gasteiger partial charge >= 0.3 is 0 Å². The summed E-state index contributed by atoms with van der Waals surface area (Å²) in [6, 6.07) is 13.7. The molecule has 7 nitrogen and oxygen atoms in total. The number of carbonyl (C=O) groups excluding carboxylic acids is 1. The van der Waals surface area contributed by atoms with Crippen LogP contribution in [0.25, 0.3) is 0 Å². The zero-order valence-corrected chi connectivity index (χ0v) is 17.5. The summed E-state index contributed by atoms with van der Waals surface area (Å²) in [7, 11) is -3.73. The molecule has 0 unspecified atom stereocenters. The van der Waals surface area contributed by atoms with Crippen molar-refractivity contribution in [1.29, 1.82) is 0 Å². The van der Waals surface area contributed by atoms with Crippen molar-refractivity contribution < 1.29 is 17.9 Å². The number of aryl methyl sites for hydroxylation is 1. The topological polar surface area (TPSA) is 87.7 Å². The Balaban J connectivity index is 1.81. The van der Waals surface area contributed by atoms with Gasteiger partial charge in [0.25, 0.3) is 0 Å². The fourth-order valence-electron chi connectivity index (χ4n) is 3.23. The van der Waals surface area contributed by atoms with E-state index in [9.17, 15) is 13.2 Å². The fraction of sp³-hybridized carbons (Fsp3) is 0.381. The number of rotatable bonds is 7. The number of morpholine rings is 1. The molecule has 0 saturated carbocycles. The third kappa shape index (κ3) is 6.11. The van der Waals surface area contributed by atoms with Crippen LogP contribution in [0.1, 0.15) is 24.1 Å². The van der Waals surface area contributed by atoms with E-state index in [0.717, 1.165) is 24.2 Å². The first kappa shape index (κ1) is 21.4. The average molecular weight is 418 g/mol. The molecule has 156 valence electrons. The maximum Gasteiger partial charge on any atom is 0.241 e. The number of hydrogen-bond donors (Lipinski definition) is 2. The van der Waals surface area contributed by atoms with E-state index in [1.165, 1.54) is 19.1 Å². The molecule has 0 aromatic heterocycles. The Morgan fingerprint density at radius 2 is 1.69 bits per heavy atom. The van der Waals surface area contributed by atoms with Crippen LogP contribution in [0.3, 0.4) is 0 Å². The Kier molecular flexibility index (Phi) is 7.02. The molecule has 8 heteroatoms. The number of ether oxygens (including phenoxy) is 1. The second-order valence-corrected chi connectivity index (χ2v) is 8.92. The minimum atomic E-state index is -3.73. The molecule has 2 aromatic rings. The van der Waals surface area contributed by atoms with Crippen molar-refractivity contribution in [2.45, 2.75) is 24.8 Å². The van der Waals surface area contributed by atoms with Crippen LogP contribution in [-0.2, 0) is 19.6 Å². The second-order valence-electron chi connectivity index (χ2n) is 7.20. The second kappa shape index (κ2) is 9.49. The summed E-state index contributed by atoms with van der Waals surface area (Å²) >= 11 is 0. The van der Waals surface area contributed by atoms with Crippen molar-refractivity contribution in [3.63, 3.8) is 0 Å². The minimum Gasteiger partial charge on any atom is -0.379 e. The molecule has 1 aliphatic rings. The van der Waals surface area contributed by atoms with Crippen LogP contribution in [0.4, 0.5) is 5.69 Å². The van der Waals surface area contributed by atoms with Gasteiger partial charge in [-0.15, -0.1) is 0 Å². The highest BCUT2D eigenvalue weighted by Crippen LogP contribution is 2.21. The molecule has 29 heavy (non-hydrogen) atoms. The lowest BCUT2D eigenvalue weighted by Gasteiger charge is -2.31. The van der Waals surface area contributed by atoms with Crippen LogP contribution >= 0.6 is 0 Å². The molecule has 1 saturated heterocycles. The van der Waals surface area contributed by atoms with Crippen LogP contribution in [0.5, 0.6) is 0 Å². The molecule has 1 heterocycles. The number of hydrogen-bond acceptors (Lipinski definition) is 5. The number of carbonyl (C=O) groups is 1. The average Bonchev–Trinajstić information content (AvgIpc) is 2.69. The van der Waals surface area contributed by atoms with Crippen molar-refractivity contribution >= 4 is 21.6 Å². The Morgan fingerprint density at radius 3 is 2.28 bits per heavy atom. The van der Waals surface area contributed by atoms with Crippen molar-refractivity contribution in [3.8, 4) is 0 Å². The molecule has 1 atom stereocenters. The standard InChI is InChI=1S/C21H27N3O4S/c1-16-3-5-18(6-4-16)21(15-24-11-13-28-14-12-24)23-29(26,27)20-9-7-19(8-10-20)22-17(2)25/h3-10,21,23H,11-15H2,1-2H3,(H,22,25)/t21-/m1/s1. The van der Waals surface area contributed by atoms with Gasteiger partial charge in [0.15, 0.2) is 0 Å². The minimum absolute atomic E-state index is 0.158. The van der Waals surface area contributed by atoms with Crippen molar-refractivity contribution in [2.75, 3.05) is 38.2 Å². The molecule has 2 aromatic carbocycles. The summed E-state index contributed by atoms with van der Waals surface area (Å²) in [5.41, 5.74) is 2.59. The first-order chi connectivity index (χ1) is 13.8. The quantitative estimate of drug-likeness (QED) is 0.722. The number of amides is 1. The van der Waals surface area contributed by atoms with Crippen molar-refractivity contribution in [2.24, 2.45) is 0 Å². The number of sulfonamides is 1. The highest BCUT2D eigenvalue weighted by atomic mass is 32.2. The van der Waals surface area contributed by atoms with E-state index in [1.807, 2.05) is 31.2 Å². The predicted molar refractivity (Wildman–Crippen MR) is 112 cm³/mol. The van der Waals surface area contributed by atoms with Gasteiger partial charge in [-0.2, -0.15) is 0 Å². The smallest absolute Gasteiger partial charge is 0.241 e. The van der Waals surface area contributed by atoms with Gasteiger partial charge in [0.2, 0.25) is 15.9 Å². The largest absolute Gasteiger partial charge is 0.379 e. The lowest BCUT2D eigenvalue weighted by atomic mass is 10.1. The molecule has 0 radical (unpaired) electrons. The molecular formula is C21H27N3O4S. The van der Waals surface area contributed by atoms with Crippen molar-refractivity contribution in [3.05, 3.63) is 59.7 Å². The number of nitrogens with zero attached hydrogens (tertiary/aromatic N) is 1. The fourth-order valence-corrected chi connectivity index (χ4v) is 4.44. The molecular weight excluding hydrogens is 390 g/mol. The van der Waals surface area contributed by atoms with Crippen LogP contribution in [0.15, 0.2) is 53.4 Å². The van der Waals surface area contributed by atoms with Gasteiger partial charge in [-0.1, -0.05) is 29.8 Å². The normalized spacial score (nSPS) is 16.3. The number of benzene rings is 2. The summed E-state index contributed by atoms with van der Waals surface area (Å²) in [5, 5.41) is 2.64. The SMILES string of the molecule is CC(=O)Nc1ccc(S(=O)(=O)N[C@H](CN2CCOCC2)c2ccc(C)cc2)cc1. The van der Waals surface area contributed by atoms with Gasteiger partial charge in [-0.05, 0) is 36.8 Å². The first-order valence-corrected chi connectivity index (χ1v) is 11.1. The summed E-state index contributed by atoms with van der Waals surface area (Å²) in [5.74, 6) is -0.205. The molecule has 1 fully saturated rings. The summed E-state index contributed by atoms with van der Waals surface area (Å²) in [6.07, 6.45) is 0. The maximum absolute atomic E-state index is 13.0. The Labute approximate surface area is 172 Å². The third-order valence-electron chi connectivity index (χ3n) is 4.81. The molecule has 3 rings (SSSR count). The number of nitrogens with one attached hydrogen (secondary N) is 2.